The highest BCUT2D eigenvalue weighted by Crippen LogP contribution is 2.41. The van der Waals surface area contributed by atoms with Crippen LogP contribution in [0.15, 0.2) is 54.6 Å². The van der Waals surface area contributed by atoms with Crippen LogP contribution in [-0.2, 0) is 0 Å². The van der Waals surface area contributed by atoms with Crippen LogP contribution in [0.2, 0.25) is 0 Å². The molecule has 172 valence electrons. The van der Waals surface area contributed by atoms with E-state index in [2.05, 4.69) is 5.10 Å². The van der Waals surface area contributed by atoms with Crippen LogP contribution in [0.4, 0.5) is 0 Å². The highest BCUT2D eigenvalue weighted by atomic mass is 16.5. The van der Waals surface area contributed by atoms with E-state index in [9.17, 15) is 9.59 Å². The van der Waals surface area contributed by atoms with E-state index in [0.29, 0.717) is 70.4 Å². The molecule has 0 atom stereocenters. The summed E-state index contributed by atoms with van der Waals surface area (Å²) >= 11 is 0. The van der Waals surface area contributed by atoms with Gasteiger partial charge in [-0.25, -0.2) is 0 Å². The maximum atomic E-state index is 13.8. The van der Waals surface area contributed by atoms with Crippen molar-refractivity contribution in [2.45, 2.75) is 20.8 Å². The summed E-state index contributed by atoms with van der Waals surface area (Å²) < 4.78 is 18.7. The van der Waals surface area contributed by atoms with Crippen molar-refractivity contribution in [2.75, 3.05) is 19.8 Å². The molecule has 0 N–H and O–H groups in total. The quantitative estimate of drug-likeness (QED) is 0.338. The number of carbonyl (C=O) groups is 2. The molecule has 7 heteroatoms. The van der Waals surface area contributed by atoms with Crippen LogP contribution in [-0.4, -0.2) is 41.3 Å². The summed E-state index contributed by atoms with van der Waals surface area (Å²) in [5.74, 6) is 0.902. The minimum Gasteiger partial charge on any atom is -0.490 e. The Morgan fingerprint density at radius 1 is 0.824 bits per heavy atom. The second-order valence-corrected chi connectivity index (χ2v) is 7.74. The number of hydrogen-bond acceptors (Lipinski definition) is 6. The van der Waals surface area contributed by atoms with E-state index in [1.54, 1.807) is 36.4 Å². The minimum absolute atomic E-state index is 0.0703. The van der Waals surface area contributed by atoms with E-state index in [1.807, 2.05) is 39.0 Å². The van der Waals surface area contributed by atoms with Gasteiger partial charge in [-0.15, -0.1) is 0 Å². The van der Waals surface area contributed by atoms with Gasteiger partial charge in [-0.3, -0.25) is 9.59 Å². The molecular formula is C27H24N2O5. The Balaban J connectivity index is 1.70. The van der Waals surface area contributed by atoms with Crippen molar-refractivity contribution in [2.24, 2.45) is 0 Å². The minimum atomic E-state index is -0.356. The van der Waals surface area contributed by atoms with Gasteiger partial charge in [-0.2, -0.15) is 9.78 Å². The molecule has 3 aromatic carbocycles. The number of ketones is 1. The summed E-state index contributed by atoms with van der Waals surface area (Å²) in [5.41, 5.74) is 3.39. The first-order chi connectivity index (χ1) is 16.6. The van der Waals surface area contributed by atoms with Gasteiger partial charge in [0.15, 0.2) is 17.3 Å². The molecule has 0 saturated heterocycles. The molecule has 7 nitrogen and oxygen atoms in total. The molecule has 1 aliphatic rings. The molecule has 0 aliphatic heterocycles. The first kappa shape index (κ1) is 21.7. The Bertz CT molecular complexity index is 1410. The molecule has 0 fully saturated rings. The molecule has 4 aromatic rings. The Morgan fingerprint density at radius 3 is 2.09 bits per heavy atom. The molecule has 0 spiro atoms. The van der Waals surface area contributed by atoms with Gasteiger partial charge < -0.3 is 14.2 Å². The van der Waals surface area contributed by atoms with E-state index < -0.39 is 0 Å². The summed E-state index contributed by atoms with van der Waals surface area (Å²) in [6, 6.07) is 16.0. The van der Waals surface area contributed by atoms with E-state index in [1.165, 1.54) is 4.68 Å². The lowest BCUT2D eigenvalue weighted by molar-refractivity contribution is 0.0949. The van der Waals surface area contributed by atoms with Crippen molar-refractivity contribution in [3.63, 3.8) is 0 Å². The van der Waals surface area contributed by atoms with E-state index in [-0.39, 0.29) is 11.7 Å². The number of rotatable bonds is 7. The molecular weight excluding hydrogens is 432 g/mol. The number of aromatic nitrogens is 2. The van der Waals surface area contributed by atoms with Crippen LogP contribution in [0, 0.1) is 0 Å². The average Bonchev–Trinajstić information content (AvgIpc) is 3.25. The molecule has 0 saturated carbocycles. The lowest BCUT2D eigenvalue weighted by Crippen LogP contribution is -2.15. The number of nitrogens with zero attached hydrogens (tertiary/aromatic N) is 2. The maximum Gasteiger partial charge on any atom is 0.279 e. The monoisotopic (exact) mass is 456 g/mol. The summed E-state index contributed by atoms with van der Waals surface area (Å²) in [7, 11) is 0. The fourth-order valence-corrected chi connectivity index (χ4v) is 4.37. The fourth-order valence-electron chi connectivity index (χ4n) is 4.37. The van der Waals surface area contributed by atoms with Crippen molar-refractivity contribution in [1.29, 1.82) is 0 Å². The van der Waals surface area contributed by atoms with Gasteiger partial charge in [-0.05, 0) is 39.0 Å². The standard InChI is InChI=1S/C27H24N2O5/c1-4-32-21-14-16(15-22(33-5-2)26(21)34-6-3)27(31)29-20-13-9-12-19-23(20)24(28-29)17-10-7-8-11-18(17)25(19)30/h7-15H,4-6H2,1-3H3. The van der Waals surface area contributed by atoms with Crippen molar-refractivity contribution < 1.29 is 23.8 Å². The molecule has 1 aliphatic carbocycles. The van der Waals surface area contributed by atoms with E-state index >= 15 is 0 Å². The molecule has 34 heavy (non-hydrogen) atoms. The number of carbonyl (C=O) groups excluding carboxylic acids is 2. The average molecular weight is 456 g/mol. The van der Waals surface area contributed by atoms with Crippen LogP contribution in [0.5, 0.6) is 17.2 Å². The van der Waals surface area contributed by atoms with Crippen LogP contribution >= 0.6 is 0 Å². The van der Waals surface area contributed by atoms with Crippen LogP contribution < -0.4 is 14.2 Å². The second-order valence-electron chi connectivity index (χ2n) is 7.74. The number of hydrogen-bond donors (Lipinski definition) is 0. The number of benzene rings is 3. The Hall–Kier alpha value is -4.13. The van der Waals surface area contributed by atoms with E-state index in [0.717, 1.165) is 5.56 Å². The van der Waals surface area contributed by atoms with Gasteiger partial charge in [0.05, 0.1) is 25.3 Å². The van der Waals surface area contributed by atoms with Crippen molar-refractivity contribution >= 4 is 22.6 Å². The highest BCUT2D eigenvalue weighted by Gasteiger charge is 2.30. The zero-order valence-electron chi connectivity index (χ0n) is 19.3. The third-order valence-electron chi connectivity index (χ3n) is 5.73. The van der Waals surface area contributed by atoms with Crippen molar-refractivity contribution in [1.82, 2.24) is 9.78 Å². The van der Waals surface area contributed by atoms with Crippen LogP contribution in [0.25, 0.3) is 22.2 Å². The van der Waals surface area contributed by atoms with Crippen LogP contribution in [0.1, 0.15) is 47.1 Å². The smallest absolute Gasteiger partial charge is 0.279 e. The first-order valence-electron chi connectivity index (χ1n) is 11.4. The SMILES string of the molecule is CCOc1cc(C(=O)n2nc3c4c(cccc42)C(=O)c2ccccc2-3)cc(OCC)c1OCC. The highest BCUT2D eigenvalue weighted by molar-refractivity contribution is 6.25. The van der Waals surface area contributed by atoms with Crippen molar-refractivity contribution in [3.8, 4) is 28.5 Å². The van der Waals surface area contributed by atoms with Crippen molar-refractivity contribution in [3.05, 3.63) is 71.3 Å². The predicted molar refractivity (Wildman–Crippen MR) is 128 cm³/mol. The zero-order valence-corrected chi connectivity index (χ0v) is 19.3. The summed E-state index contributed by atoms with van der Waals surface area (Å²) in [5, 5.41) is 5.37. The summed E-state index contributed by atoms with van der Waals surface area (Å²) in [6.07, 6.45) is 0. The van der Waals surface area contributed by atoms with Gasteiger partial charge in [0.2, 0.25) is 5.75 Å². The Morgan fingerprint density at radius 2 is 1.44 bits per heavy atom. The van der Waals surface area contributed by atoms with Gasteiger partial charge >= 0.3 is 0 Å². The summed E-state index contributed by atoms with van der Waals surface area (Å²) in [4.78, 5) is 26.9. The largest absolute Gasteiger partial charge is 0.490 e. The van der Waals surface area contributed by atoms with Gasteiger partial charge in [0, 0.05) is 27.6 Å². The maximum absolute atomic E-state index is 13.8. The molecule has 0 unspecified atom stereocenters. The normalized spacial score (nSPS) is 11.9. The summed E-state index contributed by atoms with van der Waals surface area (Å²) in [6.45, 7) is 6.84. The predicted octanol–water partition coefficient (Wildman–Crippen LogP) is 5.13. The van der Waals surface area contributed by atoms with Crippen LogP contribution in [0.3, 0.4) is 0 Å². The fraction of sp³-hybridized carbons (Fsp3) is 0.222. The van der Waals surface area contributed by atoms with Gasteiger partial charge in [0.25, 0.3) is 5.91 Å². The molecule has 1 aromatic heterocycles. The lowest BCUT2D eigenvalue weighted by atomic mass is 9.87. The number of ether oxygens (including phenoxy) is 3. The molecule has 0 radical (unpaired) electrons. The Kier molecular flexibility index (Phi) is 5.53. The Labute approximate surface area is 196 Å². The second kappa shape index (κ2) is 8.67. The third kappa shape index (κ3) is 3.32. The van der Waals surface area contributed by atoms with Gasteiger partial charge in [0.1, 0.15) is 5.69 Å². The zero-order chi connectivity index (χ0) is 23.8. The molecule has 0 bridgehead atoms. The third-order valence-corrected chi connectivity index (χ3v) is 5.73. The number of fused-ring (bicyclic) bond motifs is 2. The van der Waals surface area contributed by atoms with Gasteiger partial charge in [-0.1, -0.05) is 36.4 Å². The first-order valence-corrected chi connectivity index (χ1v) is 11.4. The topological polar surface area (TPSA) is 79.7 Å². The molecule has 1 heterocycles. The molecule has 5 rings (SSSR count). The lowest BCUT2D eigenvalue weighted by Gasteiger charge is -2.17. The van der Waals surface area contributed by atoms with E-state index in [4.69, 9.17) is 14.2 Å². The molecule has 0 amide bonds.